The Morgan fingerprint density at radius 1 is 1.23 bits per heavy atom. The van der Waals surface area contributed by atoms with Gasteiger partial charge in [0, 0.05) is 25.1 Å². The minimum Gasteiger partial charge on any atom is -0.424 e. The van der Waals surface area contributed by atoms with Crippen LogP contribution in [0.25, 0.3) is 0 Å². The third-order valence-electron chi connectivity index (χ3n) is 4.15. The SMILES string of the molecule is CC(CCO)N(Cc1ccccc1)Cc1nnc(C2CC2)o1. The van der Waals surface area contributed by atoms with Crippen LogP contribution in [0.5, 0.6) is 0 Å². The molecule has 1 fully saturated rings. The second-order valence-electron chi connectivity index (χ2n) is 6.06. The average Bonchev–Trinajstić information content (AvgIpc) is 3.28. The summed E-state index contributed by atoms with van der Waals surface area (Å²) in [4.78, 5) is 2.27. The molecule has 1 unspecified atom stereocenters. The maximum absolute atomic E-state index is 9.22. The molecule has 1 saturated carbocycles. The molecule has 0 bridgehead atoms. The smallest absolute Gasteiger partial charge is 0.230 e. The Balaban J connectivity index is 1.69. The Morgan fingerprint density at radius 3 is 2.68 bits per heavy atom. The molecule has 1 aliphatic carbocycles. The maximum Gasteiger partial charge on any atom is 0.230 e. The third-order valence-corrected chi connectivity index (χ3v) is 4.15. The molecule has 1 aromatic carbocycles. The van der Waals surface area contributed by atoms with E-state index in [1.807, 2.05) is 18.2 Å². The summed E-state index contributed by atoms with van der Waals surface area (Å²) >= 11 is 0. The molecule has 1 aromatic heterocycles. The van der Waals surface area contributed by atoms with Crippen molar-refractivity contribution in [3.05, 3.63) is 47.7 Å². The molecule has 1 heterocycles. The van der Waals surface area contributed by atoms with E-state index < -0.39 is 0 Å². The lowest BCUT2D eigenvalue weighted by Crippen LogP contribution is -2.33. The van der Waals surface area contributed by atoms with Gasteiger partial charge in [-0.05, 0) is 31.7 Å². The van der Waals surface area contributed by atoms with Crippen molar-refractivity contribution in [2.75, 3.05) is 6.61 Å². The molecule has 5 nitrogen and oxygen atoms in total. The van der Waals surface area contributed by atoms with Crippen LogP contribution in [-0.4, -0.2) is 32.9 Å². The number of aliphatic hydroxyl groups is 1. The summed E-state index contributed by atoms with van der Waals surface area (Å²) in [5.74, 6) is 1.94. The maximum atomic E-state index is 9.22. The predicted molar refractivity (Wildman–Crippen MR) is 83.1 cm³/mol. The molecule has 118 valence electrons. The molecule has 0 saturated heterocycles. The van der Waals surface area contributed by atoms with Gasteiger partial charge in [0.15, 0.2) is 0 Å². The van der Waals surface area contributed by atoms with Crippen molar-refractivity contribution < 1.29 is 9.52 Å². The fraction of sp³-hybridized carbons (Fsp3) is 0.529. The molecule has 0 radical (unpaired) electrons. The van der Waals surface area contributed by atoms with E-state index in [0.29, 0.717) is 18.4 Å². The Labute approximate surface area is 131 Å². The molecule has 0 spiro atoms. The lowest BCUT2D eigenvalue weighted by Gasteiger charge is -2.27. The lowest BCUT2D eigenvalue weighted by molar-refractivity contribution is 0.141. The molecular weight excluding hydrogens is 278 g/mol. The van der Waals surface area contributed by atoms with Crippen LogP contribution in [0, 0.1) is 0 Å². The number of hydrogen-bond acceptors (Lipinski definition) is 5. The van der Waals surface area contributed by atoms with Crippen LogP contribution < -0.4 is 0 Å². The zero-order valence-corrected chi connectivity index (χ0v) is 13.0. The van der Waals surface area contributed by atoms with E-state index in [-0.39, 0.29) is 12.6 Å². The van der Waals surface area contributed by atoms with Crippen LogP contribution >= 0.6 is 0 Å². The van der Waals surface area contributed by atoms with Crippen LogP contribution in [0.1, 0.15) is 49.4 Å². The Morgan fingerprint density at radius 2 is 2.00 bits per heavy atom. The van der Waals surface area contributed by atoms with Crippen LogP contribution in [0.4, 0.5) is 0 Å². The molecular formula is C17H23N3O2. The normalized spacial score (nSPS) is 16.1. The first kappa shape index (κ1) is 15.2. The molecule has 5 heteroatoms. The highest BCUT2D eigenvalue weighted by Gasteiger charge is 2.29. The van der Waals surface area contributed by atoms with E-state index in [1.165, 1.54) is 5.56 Å². The van der Waals surface area contributed by atoms with Gasteiger partial charge >= 0.3 is 0 Å². The molecule has 0 amide bonds. The van der Waals surface area contributed by atoms with E-state index in [2.05, 4.69) is 34.2 Å². The van der Waals surface area contributed by atoms with E-state index in [1.54, 1.807) is 0 Å². The van der Waals surface area contributed by atoms with Crippen molar-refractivity contribution in [1.29, 1.82) is 0 Å². The van der Waals surface area contributed by atoms with Crippen molar-refractivity contribution in [2.24, 2.45) is 0 Å². The molecule has 3 rings (SSSR count). The first-order valence-corrected chi connectivity index (χ1v) is 7.97. The molecule has 2 aromatic rings. The van der Waals surface area contributed by atoms with Gasteiger partial charge in [0.1, 0.15) is 0 Å². The first-order chi connectivity index (χ1) is 10.8. The van der Waals surface area contributed by atoms with Crippen molar-refractivity contribution in [2.45, 2.75) is 51.2 Å². The van der Waals surface area contributed by atoms with E-state index >= 15 is 0 Å². The van der Waals surface area contributed by atoms with Gasteiger partial charge in [-0.25, -0.2) is 0 Å². The number of aromatic nitrogens is 2. The van der Waals surface area contributed by atoms with Gasteiger partial charge in [-0.3, -0.25) is 4.90 Å². The number of rotatable bonds is 8. The minimum atomic E-state index is 0.184. The zero-order valence-electron chi connectivity index (χ0n) is 13.0. The summed E-state index contributed by atoms with van der Waals surface area (Å²) in [5, 5.41) is 17.6. The lowest BCUT2D eigenvalue weighted by atomic mass is 10.1. The summed E-state index contributed by atoms with van der Waals surface area (Å²) in [7, 11) is 0. The summed E-state index contributed by atoms with van der Waals surface area (Å²) in [6.45, 7) is 3.74. The first-order valence-electron chi connectivity index (χ1n) is 7.97. The van der Waals surface area contributed by atoms with Crippen LogP contribution in [0.2, 0.25) is 0 Å². The monoisotopic (exact) mass is 301 g/mol. The molecule has 1 N–H and O–H groups in total. The average molecular weight is 301 g/mol. The van der Waals surface area contributed by atoms with Crippen molar-refractivity contribution in [1.82, 2.24) is 15.1 Å². The fourth-order valence-corrected chi connectivity index (χ4v) is 2.55. The van der Waals surface area contributed by atoms with Crippen molar-refractivity contribution >= 4 is 0 Å². The summed E-state index contributed by atoms with van der Waals surface area (Å²) in [6.07, 6.45) is 3.06. The topological polar surface area (TPSA) is 62.4 Å². The second kappa shape index (κ2) is 7.03. The fourth-order valence-electron chi connectivity index (χ4n) is 2.55. The quantitative estimate of drug-likeness (QED) is 0.812. The van der Waals surface area contributed by atoms with Gasteiger partial charge < -0.3 is 9.52 Å². The van der Waals surface area contributed by atoms with E-state index in [9.17, 15) is 5.11 Å². The number of hydrogen-bond donors (Lipinski definition) is 1. The Kier molecular flexibility index (Phi) is 4.85. The van der Waals surface area contributed by atoms with Gasteiger partial charge in [0.2, 0.25) is 11.8 Å². The Hall–Kier alpha value is -1.72. The summed E-state index contributed by atoms with van der Waals surface area (Å²) < 4.78 is 5.78. The van der Waals surface area contributed by atoms with Gasteiger partial charge in [-0.15, -0.1) is 10.2 Å². The molecule has 0 aliphatic heterocycles. The third kappa shape index (κ3) is 3.93. The largest absolute Gasteiger partial charge is 0.424 e. The van der Waals surface area contributed by atoms with Crippen LogP contribution in [0.3, 0.4) is 0 Å². The second-order valence-corrected chi connectivity index (χ2v) is 6.06. The number of nitrogens with zero attached hydrogens (tertiary/aromatic N) is 3. The van der Waals surface area contributed by atoms with Gasteiger partial charge in [0.25, 0.3) is 0 Å². The van der Waals surface area contributed by atoms with Crippen LogP contribution in [-0.2, 0) is 13.1 Å². The van der Waals surface area contributed by atoms with Gasteiger partial charge in [-0.1, -0.05) is 30.3 Å². The number of benzene rings is 1. The molecule has 1 aliphatic rings. The highest BCUT2D eigenvalue weighted by Crippen LogP contribution is 2.39. The minimum absolute atomic E-state index is 0.184. The standard InChI is InChI=1S/C17H23N3O2/c1-13(9-10-21)20(11-14-5-3-2-4-6-14)12-16-18-19-17(22-16)15-7-8-15/h2-6,13,15,21H,7-12H2,1H3. The van der Waals surface area contributed by atoms with Crippen LogP contribution in [0.15, 0.2) is 34.7 Å². The molecule has 1 atom stereocenters. The predicted octanol–water partition coefficient (Wildman–Crippen LogP) is 2.72. The van der Waals surface area contributed by atoms with E-state index in [0.717, 1.165) is 31.7 Å². The molecule has 22 heavy (non-hydrogen) atoms. The van der Waals surface area contributed by atoms with E-state index in [4.69, 9.17) is 4.42 Å². The highest BCUT2D eigenvalue weighted by molar-refractivity contribution is 5.14. The van der Waals surface area contributed by atoms with Crippen molar-refractivity contribution in [3.63, 3.8) is 0 Å². The summed E-state index contributed by atoms with van der Waals surface area (Å²) in [6, 6.07) is 10.6. The van der Waals surface area contributed by atoms with Gasteiger partial charge in [0.05, 0.1) is 6.54 Å². The number of aliphatic hydroxyl groups excluding tert-OH is 1. The highest BCUT2D eigenvalue weighted by atomic mass is 16.4. The summed E-state index contributed by atoms with van der Waals surface area (Å²) in [5.41, 5.74) is 1.24. The Bertz CT molecular complexity index is 581. The van der Waals surface area contributed by atoms with Gasteiger partial charge in [-0.2, -0.15) is 0 Å². The van der Waals surface area contributed by atoms with Crippen molar-refractivity contribution in [3.8, 4) is 0 Å². The zero-order chi connectivity index (χ0) is 15.4.